The second-order valence-corrected chi connectivity index (χ2v) is 21.2. The topological polar surface area (TPSA) is 198 Å². The fraction of sp³-hybridized carbons (Fsp3) is 0.426. The van der Waals surface area contributed by atoms with Crippen LogP contribution in [-0.4, -0.2) is 101 Å². The Kier molecular flexibility index (Phi) is 20.7. The van der Waals surface area contributed by atoms with Crippen LogP contribution in [0.4, 0.5) is 39.9 Å². The summed E-state index contributed by atoms with van der Waals surface area (Å²) in [6.07, 6.45) is -13.1. The van der Waals surface area contributed by atoms with Gasteiger partial charge in [-0.3, -0.25) is 9.59 Å². The third-order valence-corrected chi connectivity index (χ3v) is 13.8. The minimum Gasteiger partial charge on any atom is -0.493 e. The van der Waals surface area contributed by atoms with Crippen molar-refractivity contribution < 1.29 is 73.9 Å². The maximum atomic E-state index is 14.6. The van der Waals surface area contributed by atoms with Gasteiger partial charge in [0, 0.05) is 55.2 Å². The quantitative estimate of drug-likeness (QED) is 0.0463. The number of nitrogens with two attached hydrogens (primary N) is 1. The molecule has 0 bridgehead atoms. The van der Waals surface area contributed by atoms with Gasteiger partial charge < -0.3 is 45.7 Å². The van der Waals surface area contributed by atoms with Crippen molar-refractivity contribution in [3.63, 3.8) is 0 Å². The molecule has 2 amide bonds. The number of aliphatic hydroxyl groups is 2. The van der Waals surface area contributed by atoms with E-state index in [9.17, 15) is 59.7 Å². The first-order chi connectivity index (χ1) is 35.9. The maximum Gasteiger partial charge on any atom is 0.424 e. The van der Waals surface area contributed by atoms with Gasteiger partial charge >= 0.3 is 18.4 Å². The molecule has 1 fully saturated rings. The number of amides is 2. The molecule has 79 heavy (non-hydrogen) atoms. The van der Waals surface area contributed by atoms with Crippen LogP contribution >= 0.6 is 35.6 Å². The molecule has 1 aliphatic rings. The summed E-state index contributed by atoms with van der Waals surface area (Å²) in [6, 6.07) is 16.3. The minimum absolute atomic E-state index is 0. The normalized spacial score (nSPS) is 15.6. The number of aromatic nitrogens is 2. The molecule has 3 atom stereocenters. The van der Waals surface area contributed by atoms with Gasteiger partial charge in [-0.2, -0.15) is 26.3 Å². The van der Waals surface area contributed by atoms with Crippen molar-refractivity contribution >= 4 is 53.4 Å². The van der Waals surface area contributed by atoms with Crippen molar-refractivity contribution in [3.8, 4) is 34.0 Å². The van der Waals surface area contributed by atoms with Crippen molar-refractivity contribution in [1.29, 1.82) is 0 Å². The number of carbonyl (C=O) groups excluding carboxylic acids is 3. The Morgan fingerprint density at radius 3 is 1.72 bits per heavy atom. The number of hydrogen-bond donors (Lipinski definition) is 5. The number of pyridine rings is 2. The molecule has 2 unspecified atom stereocenters. The van der Waals surface area contributed by atoms with Gasteiger partial charge in [-0.1, -0.05) is 23.2 Å². The number of nitrogens with one attached hydrogen (secondary N) is 2. The molecular weight excluding hydrogens is 1120 g/mol. The number of ether oxygens (including phenoxy) is 3. The summed E-state index contributed by atoms with van der Waals surface area (Å²) < 4.78 is 129. The van der Waals surface area contributed by atoms with Crippen LogP contribution in [0.15, 0.2) is 78.9 Å². The van der Waals surface area contributed by atoms with Gasteiger partial charge in [0.25, 0.3) is 5.91 Å². The predicted molar refractivity (Wildman–Crippen MR) is 283 cm³/mol. The van der Waals surface area contributed by atoms with Gasteiger partial charge in [-0.15, -0.1) is 12.4 Å². The van der Waals surface area contributed by atoms with Crippen LogP contribution in [0.2, 0.25) is 10.0 Å². The maximum absolute atomic E-state index is 14.6. The first kappa shape index (κ1) is 65.6. The third kappa shape index (κ3) is 14.9. The van der Waals surface area contributed by atoms with Gasteiger partial charge in [0.2, 0.25) is 11.2 Å². The second kappa shape index (κ2) is 24.9. The molecule has 6 rings (SSSR count). The highest BCUT2D eigenvalue weighted by Gasteiger charge is 2.57. The molecule has 14 nitrogen and oxygen atoms in total. The number of benzene rings is 3. The van der Waals surface area contributed by atoms with Crippen LogP contribution in [0.1, 0.15) is 101 Å². The molecule has 0 spiro atoms. The zero-order valence-corrected chi connectivity index (χ0v) is 46.9. The van der Waals surface area contributed by atoms with Crippen molar-refractivity contribution in [2.24, 2.45) is 5.73 Å². The lowest BCUT2D eigenvalue weighted by atomic mass is 9.86. The number of ketones is 1. The van der Waals surface area contributed by atoms with Gasteiger partial charge in [-0.25, -0.2) is 23.5 Å². The summed E-state index contributed by atoms with van der Waals surface area (Å²) in [5.41, 5.74) is -5.08. The van der Waals surface area contributed by atoms with Crippen molar-refractivity contribution in [2.75, 3.05) is 34.3 Å². The average Bonchev–Trinajstić information content (AvgIpc) is 3.81. The Labute approximate surface area is 467 Å². The van der Waals surface area contributed by atoms with Crippen LogP contribution in [0.25, 0.3) is 22.5 Å². The highest BCUT2D eigenvalue weighted by Crippen LogP contribution is 2.45. The molecular formula is C54H61Cl3F8N6O8. The molecule has 3 heterocycles. The standard InChI is InChI=1S/C31H32ClF4N3O5.C23H28ClF4N3O3.ClH/c1-29(2,37-3)19-15-22(17-5-7-21(33)20(32)13-17)39-27(16-19)30(42,31(34,35)36)11-9-23(40)18-6-8-24(26(14-18)43-4)44-25-10-12-38-28(25)41;1-20(2,3)34-19(32)31(6)21(4,5)14-10-17(13-7-8-16(25)15(24)9-13)30-18(11-14)22(33,12-29)23(26,27)28;/h5-8,13-16,25,37,42H,9-12H2,1-4H3,(H,38,41);7-11,33H,12,29H2,1-6H3;1H/t25-,30?;;/m0../s1. The van der Waals surface area contributed by atoms with E-state index in [0.29, 0.717) is 18.5 Å². The van der Waals surface area contributed by atoms with E-state index < -0.39 is 101 Å². The first-order valence-corrected chi connectivity index (χ1v) is 24.7. The van der Waals surface area contributed by atoms with Crippen molar-refractivity contribution in [1.82, 2.24) is 25.5 Å². The third-order valence-electron chi connectivity index (χ3n) is 13.2. The van der Waals surface area contributed by atoms with Crippen molar-refractivity contribution in [2.45, 2.75) is 114 Å². The van der Waals surface area contributed by atoms with E-state index in [2.05, 4.69) is 20.6 Å². The molecule has 5 aromatic rings. The van der Waals surface area contributed by atoms with E-state index in [1.54, 1.807) is 55.5 Å². The summed E-state index contributed by atoms with van der Waals surface area (Å²) in [6.45, 7) is 10.9. The highest BCUT2D eigenvalue weighted by molar-refractivity contribution is 6.31. The lowest BCUT2D eigenvalue weighted by Crippen LogP contribution is -2.49. The van der Waals surface area contributed by atoms with Crippen LogP contribution in [-0.2, 0) is 31.8 Å². The number of carbonyl (C=O) groups is 3. The van der Waals surface area contributed by atoms with E-state index in [1.807, 2.05) is 0 Å². The fourth-order valence-corrected chi connectivity index (χ4v) is 8.06. The monoisotopic (exact) mass is 1180 g/mol. The summed E-state index contributed by atoms with van der Waals surface area (Å²) in [7, 11) is 4.38. The average molecular weight is 1180 g/mol. The number of nitrogens with zero attached hydrogens (tertiary/aromatic N) is 3. The minimum atomic E-state index is -5.22. The van der Waals surface area contributed by atoms with Crippen LogP contribution in [0.3, 0.4) is 0 Å². The number of alkyl halides is 6. The first-order valence-electron chi connectivity index (χ1n) is 24.0. The summed E-state index contributed by atoms with van der Waals surface area (Å²) in [4.78, 5) is 47.1. The lowest BCUT2D eigenvalue weighted by Gasteiger charge is -2.38. The smallest absolute Gasteiger partial charge is 0.424 e. The van der Waals surface area contributed by atoms with Gasteiger partial charge in [-0.05, 0) is 152 Å². The van der Waals surface area contributed by atoms with Gasteiger partial charge in [0.1, 0.15) is 17.2 Å². The molecule has 0 radical (unpaired) electrons. The zero-order chi connectivity index (χ0) is 58.7. The van der Waals surface area contributed by atoms with Crippen molar-refractivity contribution in [3.05, 3.63) is 129 Å². The summed E-state index contributed by atoms with van der Waals surface area (Å²) >= 11 is 11.8. The van der Waals surface area contributed by atoms with E-state index >= 15 is 0 Å². The highest BCUT2D eigenvalue weighted by atomic mass is 35.5. The second-order valence-electron chi connectivity index (χ2n) is 20.4. The molecule has 1 aliphatic heterocycles. The summed E-state index contributed by atoms with van der Waals surface area (Å²) in [5.74, 6) is -2.12. The van der Waals surface area contributed by atoms with E-state index in [-0.39, 0.29) is 73.5 Å². The Bertz CT molecular complexity index is 3030. The fourth-order valence-electron chi connectivity index (χ4n) is 7.70. The van der Waals surface area contributed by atoms with E-state index in [1.165, 1.54) is 73.7 Å². The predicted octanol–water partition coefficient (Wildman–Crippen LogP) is 11.5. The number of methoxy groups -OCH3 is 1. The lowest BCUT2D eigenvalue weighted by molar-refractivity contribution is -0.270. The van der Waals surface area contributed by atoms with E-state index in [4.69, 9.17) is 43.1 Å². The van der Waals surface area contributed by atoms with Crippen LogP contribution < -0.4 is 25.8 Å². The Morgan fingerprint density at radius 2 is 1.28 bits per heavy atom. The van der Waals surface area contributed by atoms with Crippen LogP contribution in [0.5, 0.6) is 11.5 Å². The summed E-state index contributed by atoms with van der Waals surface area (Å²) in [5, 5.41) is 26.9. The Hall–Kier alpha value is -5.88. The Morgan fingerprint density at radius 1 is 0.772 bits per heavy atom. The molecule has 432 valence electrons. The molecule has 0 saturated carbocycles. The number of rotatable bonds is 16. The number of halogens is 11. The molecule has 1 saturated heterocycles. The molecule has 3 aromatic carbocycles. The zero-order valence-electron chi connectivity index (χ0n) is 44.6. The number of Topliss-reactive ketones (excluding diaryl/α,β-unsaturated/α-hetero) is 1. The Balaban J connectivity index is 0.000000348. The molecule has 2 aromatic heterocycles. The molecule has 25 heteroatoms. The number of hydrogen-bond acceptors (Lipinski definition) is 12. The SMILES string of the molecule is CN(C(=O)OC(C)(C)C)C(C)(C)c1cc(-c2ccc(F)c(Cl)c2)nc(C(O)(CN)C(F)(F)F)c1.CNC(C)(C)c1cc(-c2ccc(F)c(Cl)c2)nc(C(O)(CCC(=O)c2ccc(O[C@H]3CCNC3=O)c(OC)c2)C(F)(F)F)c1.Cl. The van der Waals surface area contributed by atoms with Gasteiger partial charge in [0.05, 0.1) is 45.5 Å². The largest absolute Gasteiger partial charge is 0.493 e. The van der Waals surface area contributed by atoms with E-state index in [0.717, 1.165) is 24.3 Å². The molecule has 6 N–H and O–H groups in total. The molecule has 0 aliphatic carbocycles. The van der Waals surface area contributed by atoms with Gasteiger partial charge in [0.15, 0.2) is 23.4 Å². The van der Waals surface area contributed by atoms with Crippen LogP contribution in [0, 0.1) is 11.6 Å².